The lowest BCUT2D eigenvalue weighted by Gasteiger charge is -2.26. The van der Waals surface area contributed by atoms with E-state index in [1.165, 1.54) is 5.56 Å². The molecule has 0 spiro atoms. The highest BCUT2D eigenvalue weighted by Gasteiger charge is 2.38. The molecule has 0 aromatic heterocycles. The Morgan fingerprint density at radius 3 is 2.74 bits per heavy atom. The molecule has 2 atom stereocenters. The van der Waals surface area contributed by atoms with Gasteiger partial charge in [0, 0.05) is 18.0 Å². The van der Waals surface area contributed by atoms with E-state index < -0.39 is 0 Å². The summed E-state index contributed by atoms with van der Waals surface area (Å²) in [4.78, 5) is 13.9. The molecule has 1 aromatic rings. The fourth-order valence-electron chi connectivity index (χ4n) is 2.81. The zero-order valence-corrected chi connectivity index (χ0v) is 11.2. The van der Waals surface area contributed by atoms with Gasteiger partial charge in [-0.25, -0.2) is 0 Å². The third kappa shape index (κ3) is 2.91. The van der Waals surface area contributed by atoms with Crippen LogP contribution in [0, 0.1) is 17.2 Å². The summed E-state index contributed by atoms with van der Waals surface area (Å²) in [7, 11) is 0. The lowest BCUT2D eigenvalue weighted by Crippen LogP contribution is -2.35. The van der Waals surface area contributed by atoms with Crippen molar-refractivity contribution >= 4 is 5.78 Å². The molecule has 1 aliphatic heterocycles. The number of ketones is 1. The Balaban J connectivity index is 2.18. The molecule has 0 aliphatic carbocycles. The molecule has 1 saturated heterocycles. The van der Waals surface area contributed by atoms with E-state index in [0.717, 1.165) is 19.5 Å². The van der Waals surface area contributed by atoms with E-state index in [1.807, 2.05) is 18.2 Å². The molecule has 0 radical (unpaired) electrons. The highest BCUT2D eigenvalue weighted by Crippen LogP contribution is 2.30. The van der Waals surface area contributed by atoms with Gasteiger partial charge in [-0.15, -0.1) is 0 Å². The standard InChI is InChI=1S/C16H18N2O/c1-12(10-17)16-15(13(2)19)8-9-18(16)11-14-6-4-3-5-7-14/h3-7,15-16H,1,8-9,11H2,2H3. The van der Waals surface area contributed by atoms with E-state index in [0.29, 0.717) is 5.57 Å². The van der Waals surface area contributed by atoms with E-state index >= 15 is 0 Å². The first-order chi connectivity index (χ1) is 9.13. The van der Waals surface area contributed by atoms with Gasteiger partial charge in [-0.3, -0.25) is 9.69 Å². The normalized spacial score (nSPS) is 22.9. The molecule has 0 N–H and O–H groups in total. The Morgan fingerprint density at radius 1 is 1.47 bits per heavy atom. The van der Waals surface area contributed by atoms with Crippen molar-refractivity contribution in [3.8, 4) is 6.07 Å². The van der Waals surface area contributed by atoms with Gasteiger partial charge in [0.15, 0.2) is 0 Å². The van der Waals surface area contributed by atoms with Gasteiger partial charge in [0.2, 0.25) is 0 Å². The van der Waals surface area contributed by atoms with E-state index in [2.05, 4.69) is 29.7 Å². The number of benzene rings is 1. The summed E-state index contributed by atoms with van der Waals surface area (Å²) in [6, 6.07) is 12.1. The van der Waals surface area contributed by atoms with E-state index in [-0.39, 0.29) is 17.7 Å². The van der Waals surface area contributed by atoms with Crippen LogP contribution in [0.2, 0.25) is 0 Å². The Morgan fingerprint density at radius 2 is 2.16 bits per heavy atom. The molecule has 1 aliphatic rings. The lowest BCUT2D eigenvalue weighted by molar-refractivity contribution is -0.121. The summed E-state index contributed by atoms with van der Waals surface area (Å²) in [5.41, 5.74) is 1.69. The zero-order chi connectivity index (χ0) is 13.8. The molecule has 0 bridgehead atoms. The van der Waals surface area contributed by atoms with Crippen LogP contribution in [-0.2, 0) is 11.3 Å². The Labute approximate surface area is 114 Å². The third-order valence-electron chi connectivity index (χ3n) is 3.75. The molecule has 3 nitrogen and oxygen atoms in total. The summed E-state index contributed by atoms with van der Waals surface area (Å²) in [6.45, 7) is 7.03. The van der Waals surface area contributed by atoms with Crippen LogP contribution in [0.4, 0.5) is 0 Å². The van der Waals surface area contributed by atoms with Gasteiger partial charge in [-0.1, -0.05) is 36.9 Å². The highest BCUT2D eigenvalue weighted by molar-refractivity contribution is 5.80. The monoisotopic (exact) mass is 254 g/mol. The van der Waals surface area contributed by atoms with Crippen molar-refractivity contribution in [1.82, 2.24) is 4.90 Å². The number of hydrogen-bond acceptors (Lipinski definition) is 3. The third-order valence-corrected chi connectivity index (χ3v) is 3.75. The van der Waals surface area contributed by atoms with Gasteiger partial charge in [0.05, 0.1) is 12.1 Å². The van der Waals surface area contributed by atoms with Gasteiger partial charge in [-0.2, -0.15) is 5.26 Å². The van der Waals surface area contributed by atoms with E-state index in [4.69, 9.17) is 5.26 Å². The Hall–Kier alpha value is -1.92. The molecular weight excluding hydrogens is 236 g/mol. The minimum absolute atomic E-state index is 0.0872. The first kappa shape index (κ1) is 13.5. The first-order valence-corrected chi connectivity index (χ1v) is 6.51. The molecule has 19 heavy (non-hydrogen) atoms. The number of carbonyl (C=O) groups is 1. The van der Waals surface area contributed by atoms with Crippen LogP contribution in [0.3, 0.4) is 0 Å². The lowest BCUT2D eigenvalue weighted by atomic mass is 9.91. The Kier molecular flexibility index (Phi) is 4.13. The summed E-state index contributed by atoms with van der Waals surface area (Å²) in [6.07, 6.45) is 0.813. The topological polar surface area (TPSA) is 44.1 Å². The maximum atomic E-state index is 11.7. The summed E-state index contributed by atoms with van der Waals surface area (Å²) in [5, 5.41) is 9.09. The molecule has 0 saturated carbocycles. The summed E-state index contributed by atoms with van der Waals surface area (Å²) < 4.78 is 0. The maximum absolute atomic E-state index is 11.7. The van der Waals surface area contributed by atoms with Gasteiger partial charge >= 0.3 is 0 Å². The van der Waals surface area contributed by atoms with Crippen LogP contribution in [0.1, 0.15) is 18.9 Å². The van der Waals surface area contributed by atoms with Gasteiger partial charge in [0.25, 0.3) is 0 Å². The highest BCUT2D eigenvalue weighted by atomic mass is 16.1. The minimum atomic E-state index is -0.136. The fourth-order valence-corrected chi connectivity index (χ4v) is 2.81. The van der Waals surface area contributed by atoms with Crippen LogP contribution in [0.5, 0.6) is 0 Å². The second-order valence-corrected chi connectivity index (χ2v) is 5.04. The van der Waals surface area contributed by atoms with Crippen molar-refractivity contribution < 1.29 is 4.79 Å². The van der Waals surface area contributed by atoms with Crippen LogP contribution >= 0.6 is 0 Å². The second-order valence-electron chi connectivity index (χ2n) is 5.04. The second kappa shape index (κ2) is 5.81. The van der Waals surface area contributed by atoms with Crippen LogP contribution in [-0.4, -0.2) is 23.3 Å². The van der Waals surface area contributed by atoms with Crippen LogP contribution < -0.4 is 0 Å². The van der Waals surface area contributed by atoms with E-state index in [1.54, 1.807) is 6.92 Å². The number of nitriles is 1. The predicted molar refractivity (Wildman–Crippen MR) is 74.2 cm³/mol. The largest absolute Gasteiger partial charge is 0.300 e. The number of carbonyl (C=O) groups excluding carboxylic acids is 1. The number of hydrogen-bond donors (Lipinski definition) is 0. The number of nitrogens with zero attached hydrogens (tertiary/aromatic N) is 2. The smallest absolute Gasteiger partial charge is 0.134 e. The average molecular weight is 254 g/mol. The molecule has 2 unspecified atom stereocenters. The maximum Gasteiger partial charge on any atom is 0.134 e. The molecule has 1 fully saturated rings. The van der Waals surface area contributed by atoms with Crippen LogP contribution in [0.15, 0.2) is 42.5 Å². The number of likely N-dealkylation sites (tertiary alicyclic amines) is 1. The van der Waals surface area contributed by atoms with Crippen molar-refractivity contribution in [2.24, 2.45) is 5.92 Å². The average Bonchev–Trinajstić information content (AvgIpc) is 2.83. The molecule has 1 aromatic carbocycles. The predicted octanol–water partition coefficient (Wildman–Crippen LogP) is 2.55. The molecule has 1 heterocycles. The van der Waals surface area contributed by atoms with E-state index in [9.17, 15) is 4.79 Å². The first-order valence-electron chi connectivity index (χ1n) is 6.51. The van der Waals surface area contributed by atoms with Gasteiger partial charge < -0.3 is 0 Å². The molecule has 2 rings (SSSR count). The van der Waals surface area contributed by atoms with Crippen molar-refractivity contribution in [1.29, 1.82) is 5.26 Å². The van der Waals surface area contributed by atoms with Gasteiger partial charge in [-0.05, 0) is 25.5 Å². The van der Waals surface area contributed by atoms with Crippen molar-refractivity contribution in [3.05, 3.63) is 48.0 Å². The van der Waals surface area contributed by atoms with Gasteiger partial charge in [0.1, 0.15) is 5.78 Å². The SMILES string of the molecule is C=C(C#N)C1C(C(C)=O)CCN1Cc1ccccc1. The quantitative estimate of drug-likeness (QED) is 0.776. The molecule has 3 heteroatoms. The van der Waals surface area contributed by atoms with Crippen molar-refractivity contribution in [2.75, 3.05) is 6.54 Å². The summed E-state index contributed by atoms with van der Waals surface area (Å²) in [5.74, 6) is 0.0628. The molecule has 98 valence electrons. The molecule has 0 amide bonds. The van der Waals surface area contributed by atoms with Crippen LogP contribution in [0.25, 0.3) is 0 Å². The fraction of sp³-hybridized carbons (Fsp3) is 0.375. The minimum Gasteiger partial charge on any atom is -0.300 e. The number of Topliss-reactive ketones (excluding diaryl/α,β-unsaturated/α-hetero) is 1. The zero-order valence-electron chi connectivity index (χ0n) is 11.2. The number of rotatable bonds is 4. The summed E-state index contributed by atoms with van der Waals surface area (Å²) >= 11 is 0. The van der Waals surface area contributed by atoms with Crippen molar-refractivity contribution in [2.45, 2.75) is 25.9 Å². The Bertz CT molecular complexity index is 515. The van der Waals surface area contributed by atoms with Crippen molar-refractivity contribution in [3.63, 3.8) is 0 Å². The molecular formula is C16H18N2O.